The predicted molar refractivity (Wildman–Crippen MR) is 70.9 cm³/mol. The summed E-state index contributed by atoms with van der Waals surface area (Å²) >= 11 is 0. The van der Waals surface area contributed by atoms with Gasteiger partial charge in [-0.3, -0.25) is 4.79 Å². The first-order valence-corrected chi connectivity index (χ1v) is 5.78. The molecule has 1 aromatic carbocycles. The van der Waals surface area contributed by atoms with Gasteiger partial charge in [-0.15, -0.1) is 0 Å². The van der Waals surface area contributed by atoms with Gasteiger partial charge >= 0.3 is 0 Å². The quantitative estimate of drug-likeness (QED) is 0.613. The van der Waals surface area contributed by atoms with Crippen molar-refractivity contribution in [3.63, 3.8) is 0 Å². The first-order valence-electron chi connectivity index (χ1n) is 5.78. The van der Waals surface area contributed by atoms with E-state index in [4.69, 9.17) is 15.2 Å². The zero-order chi connectivity index (χ0) is 13.5. The standard InChI is InChI=1S/C13H20N2O3/c1-15(7-4-8-17-2)13(16)11-9-10(18-3)5-6-12(11)14/h5-6,9H,4,7-8,14H2,1-3H3. The van der Waals surface area contributed by atoms with Crippen LogP contribution in [0.4, 0.5) is 5.69 Å². The normalized spacial score (nSPS) is 10.2. The lowest BCUT2D eigenvalue weighted by molar-refractivity contribution is 0.0780. The molecule has 0 bridgehead atoms. The molecule has 0 aliphatic rings. The van der Waals surface area contributed by atoms with E-state index in [0.29, 0.717) is 30.2 Å². The predicted octanol–water partition coefficient (Wildman–Crippen LogP) is 1.39. The highest BCUT2D eigenvalue weighted by Gasteiger charge is 2.15. The Balaban J connectivity index is 2.76. The van der Waals surface area contributed by atoms with E-state index in [1.54, 1.807) is 44.4 Å². The molecule has 0 atom stereocenters. The lowest BCUT2D eigenvalue weighted by Crippen LogP contribution is -2.29. The number of carbonyl (C=O) groups is 1. The molecule has 100 valence electrons. The molecule has 1 amide bonds. The van der Waals surface area contributed by atoms with Crippen LogP contribution >= 0.6 is 0 Å². The molecule has 0 heterocycles. The summed E-state index contributed by atoms with van der Waals surface area (Å²) < 4.78 is 10.0. The number of ether oxygens (including phenoxy) is 2. The van der Waals surface area contributed by atoms with Crippen LogP contribution in [-0.2, 0) is 4.74 Å². The van der Waals surface area contributed by atoms with Crippen molar-refractivity contribution >= 4 is 11.6 Å². The third kappa shape index (κ3) is 3.63. The summed E-state index contributed by atoms with van der Waals surface area (Å²) in [5.74, 6) is 0.514. The molecule has 0 fully saturated rings. The zero-order valence-electron chi connectivity index (χ0n) is 11.1. The average Bonchev–Trinajstić information content (AvgIpc) is 2.38. The van der Waals surface area contributed by atoms with E-state index in [9.17, 15) is 4.79 Å². The van der Waals surface area contributed by atoms with Crippen molar-refractivity contribution in [3.8, 4) is 5.75 Å². The summed E-state index contributed by atoms with van der Waals surface area (Å²) in [6, 6.07) is 5.07. The van der Waals surface area contributed by atoms with Gasteiger partial charge in [-0.25, -0.2) is 0 Å². The van der Waals surface area contributed by atoms with Crippen LogP contribution in [0.3, 0.4) is 0 Å². The number of methoxy groups -OCH3 is 2. The number of hydrogen-bond donors (Lipinski definition) is 1. The fourth-order valence-electron chi connectivity index (χ4n) is 1.60. The van der Waals surface area contributed by atoms with E-state index in [1.807, 2.05) is 0 Å². The minimum atomic E-state index is -0.109. The van der Waals surface area contributed by atoms with E-state index < -0.39 is 0 Å². The molecule has 0 saturated carbocycles. The number of nitrogens with two attached hydrogens (primary N) is 1. The van der Waals surface area contributed by atoms with E-state index in [-0.39, 0.29) is 5.91 Å². The van der Waals surface area contributed by atoms with Crippen LogP contribution in [-0.4, -0.2) is 45.2 Å². The van der Waals surface area contributed by atoms with Crippen molar-refractivity contribution in [2.75, 3.05) is 40.2 Å². The van der Waals surface area contributed by atoms with Crippen LogP contribution in [0.5, 0.6) is 5.75 Å². The first-order chi connectivity index (χ1) is 8.60. The van der Waals surface area contributed by atoms with Crippen LogP contribution in [0, 0.1) is 0 Å². The Morgan fingerprint density at radius 2 is 2.11 bits per heavy atom. The zero-order valence-corrected chi connectivity index (χ0v) is 11.1. The summed E-state index contributed by atoms with van der Waals surface area (Å²) in [5.41, 5.74) is 6.73. The molecule has 0 aromatic heterocycles. The third-order valence-corrected chi connectivity index (χ3v) is 2.68. The van der Waals surface area contributed by atoms with Gasteiger partial charge in [-0.1, -0.05) is 0 Å². The van der Waals surface area contributed by atoms with Crippen LogP contribution < -0.4 is 10.5 Å². The monoisotopic (exact) mass is 252 g/mol. The Hall–Kier alpha value is -1.75. The SMILES string of the molecule is COCCCN(C)C(=O)c1cc(OC)ccc1N. The van der Waals surface area contributed by atoms with Crippen molar-refractivity contribution in [2.24, 2.45) is 0 Å². The maximum Gasteiger partial charge on any atom is 0.255 e. The lowest BCUT2D eigenvalue weighted by atomic mass is 10.1. The molecule has 0 aliphatic heterocycles. The Morgan fingerprint density at radius 1 is 1.39 bits per heavy atom. The van der Waals surface area contributed by atoms with Crippen LogP contribution in [0.25, 0.3) is 0 Å². The van der Waals surface area contributed by atoms with Crippen molar-refractivity contribution in [1.29, 1.82) is 0 Å². The molecule has 5 heteroatoms. The molecule has 1 rings (SSSR count). The number of benzene rings is 1. The highest BCUT2D eigenvalue weighted by molar-refractivity contribution is 5.99. The summed E-state index contributed by atoms with van der Waals surface area (Å²) in [7, 11) is 4.95. The van der Waals surface area contributed by atoms with Crippen LogP contribution in [0.1, 0.15) is 16.8 Å². The van der Waals surface area contributed by atoms with Gasteiger partial charge in [0, 0.05) is 33.0 Å². The van der Waals surface area contributed by atoms with Gasteiger partial charge in [0.2, 0.25) is 0 Å². The minimum absolute atomic E-state index is 0.109. The second kappa shape index (κ2) is 6.86. The highest BCUT2D eigenvalue weighted by Crippen LogP contribution is 2.20. The summed E-state index contributed by atoms with van der Waals surface area (Å²) in [5, 5.41) is 0. The second-order valence-electron chi connectivity index (χ2n) is 4.03. The lowest BCUT2D eigenvalue weighted by Gasteiger charge is -2.18. The van der Waals surface area contributed by atoms with Gasteiger partial charge in [0.1, 0.15) is 5.75 Å². The van der Waals surface area contributed by atoms with Gasteiger partial charge < -0.3 is 20.1 Å². The minimum Gasteiger partial charge on any atom is -0.497 e. The second-order valence-corrected chi connectivity index (χ2v) is 4.03. The number of rotatable bonds is 6. The topological polar surface area (TPSA) is 64.8 Å². The Labute approximate surface area is 107 Å². The number of amides is 1. The van der Waals surface area contributed by atoms with Crippen molar-refractivity contribution in [1.82, 2.24) is 4.90 Å². The van der Waals surface area contributed by atoms with E-state index >= 15 is 0 Å². The molecule has 18 heavy (non-hydrogen) atoms. The maximum atomic E-state index is 12.2. The molecular weight excluding hydrogens is 232 g/mol. The molecule has 0 aliphatic carbocycles. The molecule has 2 N–H and O–H groups in total. The number of anilines is 1. The maximum absolute atomic E-state index is 12.2. The van der Waals surface area contributed by atoms with Gasteiger partial charge in [-0.05, 0) is 24.6 Å². The number of nitrogens with zero attached hydrogens (tertiary/aromatic N) is 1. The van der Waals surface area contributed by atoms with Gasteiger partial charge in [0.25, 0.3) is 5.91 Å². The molecule has 0 spiro atoms. The van der Waals surface area contributed by atoms with Crippen molar-refractivity contribution in [3.05, 3.63) is 23.8 Å². The Bertz CT molecular complexity index is 407. The van der Waals surface area contributed by atoms with E-state index in [2.05, 4.69) is 0 Å². The molecule has 1 aromatic rings. The Morgan fingerprint density at radius 3 is 2.72 bits per heavy atom. The van der Waals surface area contributed by atoms with Gasteiger partial charge in [-0.2, -0.15) is 0 Å². The largest absolute Gasteiger partial charge is 0.497 e. The van der Waals surface area contributed by atoms with E-state index in [0.717, 1.165) is 6.42 Å². The number of hydrogen-bond acceptors (Lipinski definition) is 4. The van der Waals surface area contributed by atoms with Crippen molar-refractivity contribution < 1.29 is 14.3 Å². The van der Waals surface area contributed by atoms with E-state index in [1.165, 1.54) is 0 Å². The summed E-state index contributed by atoms with van der Waals surface area (Å²) in [6.07, 6.45) is 0.794. The number of carbonyl (C=O) groups excluding carboxylic acids is 1. The van der Waals surface area contributed by atoms with Crippen LogP contribution in [0.2, 0.25) is 0 Å². The van der Waals surface area contributed by atoms with Gasteiger partial charge in [0.05, 0.1) is 12.7 Å². The van der Waals surface area contributed by atoms with Crippen LogP contribution in [0.15, 0.2) is 18.2 Å². The summed E-state index contributed by atoms with van der Waals surface area (Å²) in [6.45, 7) is 1.26. The van der Waals surface area contributed by atoms with Crippen molar-refractivity contribution in [2.45, 2.75) is 6.42 Å². The third-order valence-electron chi connectivity index (χ3n) is 2.68. The Kier molecular flexibility index (Phi) is 5.45. The molecular formula is C13H20N2O3. The summed E-state index contributed by atoms with van der Waals surface area (Å²) in [4.78, 5) is 13.8. The fourth-order valence-corrected chi connectivity index (χ4v) is 1.60. The van der Waals surface area contributed by atoms with Gasteiger partial charge in [0.15, 0.2) is 0 Å². The highest BCUT2D eigenvalue weighted by atomic mass is 16.5. The first kappa shape index (κ1) is 14.3. The number of nitrogen functional groups attached to an aromatic ring is 1. The molecule has 0 saturated heterocycles. The molecule has 0 radical (unpaired) electrons. The average molecular weight is 252 g/mol. The smallest absolute Gasteiger partial charge is 0.255 e. The molecule has 0 unspecified atom stereocenters. The molecule has 5 nitrogen and oxygen atoms in total. The fraction of sp³-hybridized carbons (Fsp3) is 0.462.